The highest BCUT2D eigenvalue weighted by atomic mass is 19.4. The predicted octanol–water partition coefficient (Wildman–Crippen LogP) is 3.36. The monoisotopic (exact) mass is 461 g/mol. The second-order valence-electron chi connectivity index (χ2n) is 8.32. The summed E-state index contributed by atoms with van der Waals surface area (Å²) < 4.78 is 80.8. The molecule has 0 radical (unpaired) electrons. The van der Waals surface area contributed by atoms with E-state index < -0.39 is 47.4 Å². The Morgan fingerprint density at radius 1 is 1.12 bits per heavy atom. The SMILES string of the molecule is N[C@@H](CC(=O)N1CCn2nc(C(F)(F)F)nc2[C@H]1CC1CC1)Cc1cc(F)c(F)cc1F. The second-order valence-corrected chi connectivity index (χ2v) is 8.32. The van der Waals surface area contributed by atoms with Gasteiger partial charge >= 0.3 is 6.18 Å². The molecule has 1 amide bonds. The molecule has 0 spiro atoms. The molecule has 2 atom stereocenters. The van der Waals surface area contributed by atoms with Gasteiger partial charge in [0.05, 0.1) is 12.6 Å². The Labute approximate surface area is 179 Å². The van der Waals surface area contributed by atoms with Crippen molar-refractivity contribution in [2.45, 2.75) is 56.9 Å². The highest BCUT2D eigenvalue weighted by Gasteiger charge is 2.42. The molecule has 1 aliphatic carbocycles. The van der Waals surface area contributed by atoms with Gasteiger partial charge in [0.25, 0.3) is 5.82 Å². The molecular weight excluding hydrogens is 440 g/mol. The predicted molar refractivity (Wildman–Crippen MR) is 99.4 cm³/mol. The molecule has 0 unspecified atom stereocenters. The molecule has 32 heavy (non-hydrogen) atoms. The van der Waals surface area contributed by atoms with Gasteiger partial charge in [0.1, 0.15) is 11.6 Å². The molecular formula is C20H21F6N5O. The summed E-state index contributed by atoms with van der Waals surface area (Å²) in [5, 5.41) is 3.55. The van der Waals surface area contributed by atoms with Crippen LogP contribution in [0.1, 0.15) is 48.9 Å². The average Bonchev–Trinajstić information content (AvgIpc) is 3.39. The topological polar surface area (TPSA) is 77.0 Å². The van der Waals surface area contributed by atoms with Gasteiger partial charge in [-0.1, -0.05) is 12.8 Å². The number of hydrogen-bond acceptors (Lipinski definition) is 4. The lowest BCUT2D eigenvalue weighted by atomic mass is 10.0. The quantitative estimate of drug-likeness (QED) is 0.529. The zero-order chi connectivity index (χ0) is 23.2. The Bertz CT molecular complexity index is 1020. The van der Waals surface area contributed by atoms with E-state index in [1.807, 2.05) is 0 Å². The van der Waals surface area contributed by atoms with E-state index >= 15 is 0 Å². The van der Waals surface area contributed by atoms with Crippen LogP contribution in [0.15, 0.2) is 12.1 Å². The number of fused-ring (bicyclic) bond motifs is 1. The number of nitrogens with two attached hydrogens (primary N) is 1. The average molecular weight is 461 g/mol. The van der Waals surface area contributed by atoms with E-state index in [0.29, 0.717) is 18.6 Å². The molecule has 4 rings (SSSR count). The third-order valence-electron chi connectivity index (χ3n) is 5.76. The number of aromatic nitrogens is 3. The standard InChI is InChI=1S/C20H21F6N5O/c21-13-9-15(23)14(22)7-11(13)6-12(27)8-17(32)30-3-4-31-18(16(30)5-10-1-2-10)28-19(29-31)20(24,25)26/h7,9-10,12,16H,1-6,8,27H2/t12-,16-/m1/s1. The lowest BCUT2D eigenvalue weighted by Gasteiger charge is -2.36. The molecule has 174 valence electrons. The third kappa shape index (κ3) is 4.74. The van der Waals surface area contributed by atoms with Gasteiger partial charge in [-0.25, -0.2) is 22.8 Å². The summed E-state index contributed by atoms with van der Waals surface area (Å²) in [6.45, 7) is 0.189. The van der Waals surface area contributed by atoms with Crippen molar-refractivity contribution in [3.63, 3.8) is 0 Å². The Balaban J connectivity index is 1.49. The molecule has 12 heteroatoms. The molecule has 2 aromatic rings. The van der Waals surface area contributed by atoms with Gasteiger partial charge in [0.2, 0.25) is 5.91 Å². The lowest BCUT2D eigenvalue weighted by Crippen LogP contribution is -2.45. The molecule has 1 aromatic heterocycles. The van der Waals surface area contributed by atoms with Crippen LogP contribution in [0.5, 0.6) is 0 Å². The molecule has 1 aliphatic heterocycles. The Kier molecular flexibility index (Phi) is 5.91. The van der Waals surface area contributed by atoms with E-state index in [4.69, 9.17) is 5.73 Å². The zero-order valence-electron chi connectivity index (χ0n) is 16.9. The number of nitrogens with zero attached hydrogens (tertiary/aromatic N) is 4. The molecule has 0 saturated heterocycles. The van der Waals surface area contributed by atoms with Gasteiger partial charge < -0.3 is 10.6 Å². The highest BCUT2D eigenvalue weighted by molar-refractivity contribution is 5.77. The molecule has 0 bridgehead atoms. The smallest absolute Gasteiger partial charge is 0.331 e. The van der Waals surface area contributed by atoms with Crippen LogP contribution in [-0.4, -0.2) is 38.2 Å². The van der Waals surface area contributed by atoms with E-state index in [9.17, 15) is 31.1 Å². The van der Waals surface area contributed by atoms with E-state index in [1.165, 1.54) is 9.58 Å². The van der Waals surface area contributed by atoms with Crippen molar-refractivity contribution in [1.29, 1.82) is 0 Å². The minimum absolute atomic E-state index is 0.0539. The molecule has 1 fully saturated rings. The van der Waals surface area contributed by atoms with E-state index in [-0.39, 0.29) is 43.2 Å². The largest absolute Gasteiger partial charge is 0.453 e. The Hall–Kier alpha value is -2.63. The van der Waals surface area contributed by atoms with Crippen LogP contribution in [-0.2, 0) is 23.9 Å². The van der Waals surface area contributed by atoms with Crippen molar-refractivity contribution in [2.24, 2.45) is 11.7 Å². The fourth-order valence-electron chi connectivity index (χ4n) is 4.00. The molecule has 2 N–H and O–H groups in total. The van der Waals surface area contributed by atoms with Crippen molar-refractivity contribution in [3.8, 4) is 0 Å². The zero-order valence-corrected chi connectivity index (χ0v) is 16.9. The fraction of sp³-hybridized carbons (Fsp3) is 0.550. The first-order valence-electron chi connectivity index (χ1n) is 10.2. The highest BCUT2D eigenvalue weighted by Crippen LogP contribution is 2.41. The number of halogens is 6. The Morgan fingerprint density at radius 3 is 2.47 bits per heavy atom. The normalized spacial score (nSPS) is 19.7. The first-order chi connectivity index (χ1) is 15.0. The molecule has 6 nitrogen and oxygen atoms in total. The van der Waals surface area contributed by atoms with Gasteiger partial charge in [-0.3, -0.25) is 4.79 Å². The van der Waals surface area contributed by atoms with Gasteiger partial charge in [-0.2, -0.15) is 13.2 Å². The van der Waals surface area contributed by atoms with Crippen LogP contribution in [0.2, 0.25) is 0 Å². The summed E-state index contributed by atoms with van der Waals surface area (Å²) in [5.74, 6) is -4.80. The summed E-state index contributed by atoms with van der Waals surface area (Å²) in [6, 6.07) is -0.443. The third-order valence-corrected chi connectivity index (χ3v) is 5.76. The van der Waals surface area contributed by atoms with Gasteiger partial charge in [-0.05, 0) is 30.4 Å². The number of hydrogen-bond donors (Lipinski definition) is 1. The van der Waals surface area contributed by atoms with Crippen molar-refractivity contribution >= 4 is 5.91 Å². The van der Waals surface area contributed by atoms with Crippen LogP contribution in [0.4, 0.5) is 26.3 Å². The van der Waals surface area contributed by atoms with E-state index in [1.54, 1.807) is 0 Å². The summed E-state index contributed by atoms with van der Waals surface area (Å²) in [7, 11) is 0. The number of carbonyl (C=O) groups is 1. The van der Waals surface area contributed by atoms with Gasteiger partial charge in [0.15, 0.2) is 11.6 Å². The molecule has 2 aliphatic rings. The second kappa shape index (κ2) is 8.38. The number of amides is 1. The van der Waals surface area contributed by atoms with Gasteiger partial charge in [-0.15, -0.1) is 5.10 Å². The van der Waals surface area contributed by atoms with Crippen molar-refractivity contribution in [2.75, 3.05) is 6.54 Å². The van der Waals surface area contributed by atoms with Crippen LogP contribution in [0, 0.1) is 23.4 Å². The summed E-state index contributed by atoms with van der Waals surface area (Å²) in [5.41, 5.74) is 5.81. The first kappa shape index (κ1) is 22.6. The lowest BCUT2D eigenvalue weighted by molar-refractivity contribution is -0.145. The van der Waals surface area contributed by atoms with Crippen LogP contribution >= 0.6 is 0 Å². The van der Waals surface area contributed by atoms with E-state index in [2.05, 4.69) is 10.1 Å². The van der Waals surface area contributed by atoms with Crippen LogP contribution < -0.4 is 5.73 Å². The molecule has 1 aromatic carbocycles. The van der Waals surface area contributed by atoms with Crippen molar-refractivity contribution < 1.29 is 31.1 Å². The maximum Gasteiger partial charge on any atom is 0.453 e. The summed E-state index contributed by atoms with van der Waals surface area (Å²) >= 11 is 0. The van der Waals surface area contributed by atoms with Crippen molar-refractivity contribution in [3.05, 3.63) is 46.8 Å². The minimum atomic E-state index is -4.69. The number of alkyl halides is 3. The summed E-state index contributed by atoms with van der Waals surface area (Å²) in [4.78, 5) is 18.1. The number of benzene rings is 1. The summed E-state index contributed by atoms with van der Waals surface area (Å²) in [6.07, 6.45) is -2.82. The minimum Gasteiger partial charge on any atom is -0.331 e. The number of carbonyl (C=O) groups excluding carboxylic acids is 1. The van der Waals surface area contributed by atoms with Crippen molar-refractivity contribution in [1.82, 2.24) is 19.7 Å². The molecule has 2 heterocycles. The first-order valence-corrected chi connectivity index (χ1v) is 10.2. The maximum atomic E-state index is 13.9. The van der Waals surface area contributed by atoms with Crippen LogP contribution in [0.25, 0.3) is 0 Å². The number of rotatable bonds is 6. The van der Waals surface area contributed by atoms with Crippen LogP contribution in [0.3, 0.4) is 0 Å². The van der Waals surface area contributed by atoms with E-state index in [0.717, 1.165) is 12.8 Å². The fourth-order valence-corrected chi connectivity index (χ4v) is 4.00. The molecule has 1 saturated carbocycles. The van der Waals surface area contributed by atoms with Gasteiger partial charge in [0, 0.05) is 25.1 Å². The maximum absolute atomic E-state index is 13.9. The Morgan fingerprint density at radius 2 is 1.81 bits per heavy atom.